The van der Waals surface area contributed by atoms with Gasteiger partial charge in [0.15, 0.2) is 0 Å². The Morgan fingerprint density at radius 2 is 2.13 bits per heavy atom. The van der Waals surface area contributed by atoms with E-state index in [1.165, 1.54) is 0 Å². The standard InChI is InChI=1S/C12H15BrO2/c1-8(2)7-15-12(14)11-5-4-10(13)6-9(11)3/h4-6,8H,7H2,1-3H3. The molecule has 2 nitrogen and oxygen atoms in total. The van der Waals surface area contributed by atoms with Crippen molar-refractivity contribution in [3.63, 3.8) is 0 Å². The fraction of sp³-hybridized carbons (Fsp3) is 0.417. The molecule has 0 bridgehead atoms. The molecule has 0 aliphatic carbocycles. The number of hydrogen-bond donors (Lipinski definition) is 0. The van der Waals surface area contributed by atoms with Crippen molar-refractivity contribution in [1.82, 2.24) is 0 Å². The van der Waals surface area contributed by atoms with Crippen molar-refractivity contribution in [2.75, 3.05) is 6.61 Å². The highest BCUT2D eigenvalue weighted by Gasteiger charge is 2.10. The molecule has 0 saturated heterocycles. The second-order valence-corrected chi connectivity index (χ2v) is 4.87. The molecule has 1 aromatic carbocycles. The minimum absolute atomic E-state index is 0.242. The summed E-state index contributed by atoms with van der Waals surface area (Å²) in [6, 6.07) is 5.53. The summed E-state index contributed by atoms with van der Waals surface area (Å²) < 4.78 is 6.13. The lowest BCUT2D eigenvalue weighted by Gasteiger charge is -2.09. The number of esters is 1. The molecule has 0 radical (unpaired) electrons. The van der Waals surface area contributed by atoms with Crippen molar-refractivity contribution in [1.29, 1.82) is 0 Å². The number of carbonyl (C=O) groups excluding carboxylic acids is 1. The summed E-state index contributed by atoms with van der Waals surface area (Å²) in [7, 11) is 0. The average molecular weight is 271 g/mol. The average Bonchev–Trinajstić information content (AvgIpc) is 2.14. The Morgan fingerprint density at radius 3 is 2.67 bits per heavy atom. The van der Waals surface area contributed by atoms with E-state index in [9.17, 15) is 4.79 Å². The van der Waals surface area contributed by atoms with Gasteiger partial charge in [-0.15, -0.1) is 0 Å². The van der Waals surface area contributed by atoms with Crippen molar-refractivity contribution in [3.05, 3.63) is 33.8 Å². The van der Waals surface area contributed by atoms with Gasteiger partial charge in [0.1, 0.15) is 0 Å². The van der Waals surface area contributed by atoms with Crippen LogP contribution in [-0.2, 0) is 4.74 Å². The summed E-state index contributed by atoms with van der Waals surface area (Å²) in [5, 5.41) is 0. The molecule has 0 aliphatic rings. The molecule has 0 aliphatic heterocycles. The third kappa shape index (κ3) is 3.67. The zero-order valence-corrected chi connectivity index (χ0v) is 10.8. The monoisotopic (exact) mass is 270 g/mol. The van der Waals surface area contributed by atoms with Crippen LogP contribution in [0, 0.1) is 12.8 Å². The second kappa shape index (κ2) is 5.31. The summed E-state index contributed by atoms with van der Waals surface area (Å²) in [5.74, 6) is 0.124. The zero-order valence-electron chi connectivity index (χ0n) is 9.21. The first-order chi connectivity index (χ1) is 7.00. The van der Waals surface area contributed by atoms with Gasteiger partial charge in [0.2, 0.25) is 0 Å². The van der Waals surface area contributed by atoms with Crippen molar-refractivity contribution < 1.29 is 9.53 Å². The first kappa shape index (κ1) is 12.2. The number of halogens is 1. The summed E-state index contributed by atoms with van der Waals surface area (Å²) in [6.07, 6.45) is 0. The van der Waals surface area contributed by atoms with Gasteiger partial charge in [-0.05, 0) is 36.6 Å². The van der Waals surface area contributed by atoms with Crippen LogP contribution in [0.5, 0.6) is 0 Å². The summed E-state index contributed by atoms with van der Waals surface area (Å²) in [5.41, 5.74) is 1.57. The molecular formula is C12H15BrO2. The van der Waals surface area contributed by atoms with E-state index in [0.29, 0.717) is 18.1 Å². The van der Waals surface area contributed by atoms with E-state index >= 15 is 0 Å². The van der Waals surface area contributed by atoms with Gasteiger partial charge in [-0.25, -0.2) is 4.79 Å². The van der Waals surface area contributed by atoms with Crippen molar-refractivity contribution in [2.24, 2.45) is 5.92 Å². The van der Waals surface area contributed by atoms with Crippen LogP contribution in [0.25, 0.3) is 0 Å². The van der Waals surface area contributed by atoms with Gasteiger partial charge in [0.25, 0.3) is 0 Å². The Bertz CT molecular complexity index is 359. The first-order valence-electron chi connectivity index (χ1n) is 4.94. The molecule has 1 aromatic rings. The van der Waals surface area contributed by atoms with E-state index in [4.69, 9.17) is 4.74 Å². The smallest absolute Gasteiger partial charge is 0.338 e. The third-order valence-electron chi connectivity index (χ3n) is 1.96. The molecule has 0 unspecified atom stereocenters. The molecule has 0 aromatic heterocycles. The molecule has 0 amide bonds. The Labute approximate surface area is 98.8 Å². The maximum absolute atomic E-state index is 11.6. The van der Waals surface area contributed by atoms with Crippen LogP contribution in [0.4, 0.5) is 0 Å². The molecule has 82 valence electrons. The molecular weight excluding hydrogens is 256 g/mol. The third-order valence-corrected chi connectivity index (χ3v) is 2.45. The largest absolute Gasteiger partial charge is 0.462 e. The normalized spacial score (nSPS) is 10.5. The summed E-state index contributed by atoms with van der Waals surface area (Å²) in [4.78, 5) is 11.6. The number of benzene rings is 1. The molecule has 0 atom stereocenters. The van der Waals surface area contributed by atoms with E-state index in [-0.39, 0.29) is 5.97 Å². The molecule has 0 N–H and O–H groups in total. The lowest BCUT2D eigenvalue weighted by atomic mass is 10.1. The molecule has 0 saturated carbocycles. The van der Waals surface area contributed by atoms with Crippen molar-refractivity contribution in [2.45, 2.75) is 20.8 Å². The van der Waals surface area contributed by atoms with Gasteiger partial charge >= 0.3 is 5.97 Å². The lowest BCUT2D eigenvalue weighted by Crippen LogP contribution is -2.11. The summed E-state index contributed by atoms with van der Waals surface area (Å²) in [6.45, 7) is 6.40. The fourth-order valence-corrected chi connectivity index (χ4v) is 1.65. The predicted molar refractivity (Wildman–Crippen MR) is 64.0 cm³/mol. The molecule has 0 fully saturated rings. The lowest BCUT2D eigenvalue weighted by molar-refractivity contribution is 0.0458. The number of hydrogen-bond acceptors (Lipinski definition) is 2. The first-order valence-corrected chi connectivity index (χ1v) is 5.73. The fourth-order valence-electron chi connectivity index (χ4n) is 1.18. The predicted octanol–water partition coefficient (Wildman–Crippen LogP) is 3.57. The Balaban J connectivity index is 2.74. The second-order valence-electron chi connectivity index (χ2n) is 3.95. The highest BCUT2D eigenvalue weighted by atomic mass is 79.9. The molecule has 3 heteroatoms. The van der Waals surface area contributed by atoms with Gasteiger partial charge < -0.3 is 4.74 Å². The number of rotatable bonds is 3. The topological polar surface area (TPSA) is 26.3 Å². The molecule has 0 heterocycles. The minimum atomic E-state index is -0.242. The number of carbonyl (C=O) groups is 1. The maximum Gasteiger partial charge on any atom is 0.338 e. The van der Waals surface area contributed by atoms with Gasteiger partial charge in [0, 0.05) is 4.47 Å². The molecule has 0 spiro atoms. The van der Waals surface area contributed by atoms with Crippen molar-refractivity contribution >= 4 is 21.9 Å². The highest BCUT2D eigenvalue weighted by molar-refractivity contribution is 9.10. The van der Waals surface area contributed by atoms with E-state index in [0.717, 1.165) is 10.0 Å². The van der Waals surface area contributed by atoms with Crippen molar-refractivity contribution in [3.8, 4) is 0 Å². The Hall–Kier alpha value is -0.830. The Morgan fingerprint density at radius 1 is 1.47 bits per heavy atom. The van der Waals surface area contributed by atoms with E-state index in [2.05, 4.69) is 15.9 Å². The van der Waals surface area contributed by atoms with Gasteiger partial charge in [-0.3, -0.25) is 0 Å². The SMILES string of the molecule is Cc1cc(Br)ccc1C(=O)OCC(C)C. The van der Waals surface area contributed by atoms with E-state index in [1.807, 2.05) is 32.9 Å². The minimum Gasteiger partial charge on any atom is -0.462 e. The zero-order chi connectivity index (χ0) is 11.4. The van der Waals surface area contributed by atoms with E-state index in [1.54, 1.807) is 6.07 Å². The van der Waals surface area contributed by atoms with E-state index < -0.39 is 0 Å². The van der Waals surface area contributed by atoms with Gasteiger partial charge in [-0.2, -0.15) is 0 Å². The van der Waals surface area contributed by atoms with Crippen LogP contribution in [0.3, 0.4) is 0 Å². The van der Waals surface area contributed by atoms with Crippen LogP contribution in [0.15, 0.2) is 22.7 Å². The van der Waals surface area contributed by atoms with Gasteiger partial charge in [0.05, 0.1) is 12.2 Å². The van der Waals surface area contributed by atoms with Crippen LogP contribution < -0.4 is 0 Å². The summed E-state index contributed by atoms with van der Waals surface area (Å²) >= 11 is 3.36. The van der Waals surface area contributed by atoms with Gasteiger partial charge in [-0.1, -0.05) is 29.8 Å². The van der Waals surface area contributed by atoms with Crippen LogP contribution >= 0.6 is 15.9 Å². The van der Waals surface area contributed by atoms with Crippen LogP contribution in [0.1, 0.15) is 29.8 Å². The number of ether oxygens (including phenoxy) is 1. The maximum atomic E-state index is 11.6. The number of aryl methyl sites for hydroxylation is 1. The quantitative estimate of drug-likeness (QED) is 0.785. The Kier molecular flexibility index (Phi) is 4.33. The van der Waals surface area contributed by atoms with Crippen LogP contribution in [0.2, 0.25) is 0 Å². The highest BCUT2D eigenvalue weighted by Crippen LogP contribution is 2.16. The van der Waals surface area contributed by atoms with Crippen LogP contribution in [-0.4, -0.2) is 12.6 Å². The molecule has 15 heavy (non-hydrogen) atoms. The molecule has 1 rings (SSSR count).